The molecule has 0 bridgehead atoms. The Hall–Kier alpha value is -1.46. The molecule has 122 valence electrons. The number of hydrogen-bond donors (Lipinski definition) is 2. The van der Waals surface area contributed by atoms with E-state index in [0.717, 1.165) is 19.3 Å². The van der Waals surface area contributed by atoms with Gasteiger partial charge in [-0.05, 0) is 44.4 Å². The summed E-state index contributed by atoms with van der Waals surface area (Å²) in [6.45, 7) is 8.58. The van der Waals surface area contributed by atoms with Gasteiger partial charge < -0.3 is 20.1 Å². The standard InChI is InChI=1S/C15H28N2O4/c1-10(2)21-14(19)17-12-6-11(7-15(3,4)8-12)9-16-13(18)20-5/h10-12H,6-9H2,1-5H3,(H,16,18)(H,17,19). The van der Waals surface area contributed by atoms with Crippen LogP contribution in [-0.4, -0.2) is 38.0 Å². The zero-order chi connectivity index (χ0) is 16.0. The Bertz CT molecular complexity index is 369. The number of alkyl carbamates (subject to hydrolysis) is 2. The van der Waals surface area contributed by atoms with Crippen molar-refractivity contribution >= 4 is 12.2 Å². The number of amides is 2. The summed E-state index contributed by atoms with van der Waals surface area (Å²) in [4.78, 5) is 22.9. The van der Waals surface area contributed by atoms with E-state index in [0.29, 0.717) is 12.5 Å². The maximum Gasteiger partial charge on any atom is 0.407 e. The van der Waals surface area contributed by atoms with Crippen LogP contribution in [0.25, 0.3) is 0 Å². The molecule has 0 spiro atoms. The van der Waals surface area contributed by atoms with Crippen LogP contribution in [0.15, 0.2) is 0 Å². The van der Waals surface area contributed by atoms with Crippen molar-refractivity contribution < 1.29 is 19.1 Å². The highest BCUT2D eigenvalue weighted by molar-refractivity contribution is 5.68. The fourth-order valence-electron chi connectivity index (χ4n) is 3.08. The van der Waals surface area contributed by atoms with Crippen molar-refractivity contribution in [1.29, 1.82) is 0 Å². The summed E-state index contributed by atoms with van der Waals surface area (Å²) in [5.74, 6) is 0.317. The number of ether oxygens (including phenoxy) is 2. The minimum atomic E-state index is -0.415. The van der Waals surface area contributed by atoms with Gasteiger partial charge in [0.1, 0.15) is 0 Å². The Morgan fingerprint density at radius 3 is 2.48 bits per heavy atom. The zero-order valence-electron chi connectivity index (χ0n) is 13.7. The lowest BCUT2D eigenvalue weighted by atomic mass is 9.70. The molecular weight excluding hydrogens is 272 g/mol. The number of carbonyl (C=O) groups is 2. The third kappa shape index (κ3) is 6.69. The predicted molar refractivity (Wildman–Crippen MR) is 80.1 cm³/mol. The summed E-state index contributed by atoms with van der Waals surface area (Å²) >= 11 is 0. The topological polar surface area (TPSA) is 76.7 Å². The van der Waals surface area contributed by atoms with E-state index < -0.39 is 6.09 Å². The van der Waals surface area contributed by atoms with Crippen LogP contribution in [0, 0.1) is 11.3 Å². The molecule has 1 rings (SSSR count). The molecule has 0 radical (unpaired) electrons. The molecule has 1 fully saturated rings. The van der Waals surface area contributed by atoms with Gasteiger partial charge in [0.2, 0.25) is 0 Å². The van der Waals surface area contributed by atoms with Gasteiger partial charge in [0.05, 0.1) is 13.2 Å². The monoisotopic (exact) mass is 300 g/mol. The number of nitrogens with one attached hydrogen (secondary N) is 2. The van der Waals surface area contributed by atoms with Crippen molar-refractivity contribution in [3.05, 3.63) is 0 Å². The predicted octanol–water partition coefficient (Wildman–Crippen LogP) is 2.67. The van der Waals surface area contributed by atoms with Gasteiger partial charge in [-0.3, -0.25) is 0 Å². The fraction of sp³-hybridized carbons (Fsp3) is 0.867. The van der Waals surface area contributed by atoms with E-state index in [9.17, 15) is 9.59 Å². The Morgan fingerprint density at radius 1 is 1.24 bits per heavy atom. The van der Waals surface area contributed by atoms with Crippen LogP contribution < -0.4 is 10.6 Å². The first-order chi connectivity index (χ1) is 9.71. The summed E-state index contributed by atoms with van der Waals surface area (Å²) in [6, 6.07) is 0.0736. The Balaban J connectivity index is 2.53. The van der Waals surface area contributed by atoms with Crippen LogP contribution in [0.2, 0.25) is 0 Å². The Morgan fingerprint density at radius 2 is 1.90 bits per heavy atom. The van der Waals surface area contributed by atoms with E-state index in [2.05, 4.69) is 29.2 Å². The van der Waals surface area contributed by atoms with Crippen LogP contribution in [0.5, 0.6) is 0 Å². The van der Waals surface area contributed by atoms with Gasteiger partial charge in [-0.2, -0.15) is 0 Å². The van der Waals surface area contributed by atoms with Crippen LogP contribution in [0.3, 0.4) is 0 Å². The molecule has 2 unspecified atom stereocenters. The highest BCUT2D eigenvalue weighted by atomic mass is 16.6. The van der Waals surface area contributed by atoms with Crippen molar-refractivity contribution in [2.75, 3.05) is 13.7 Å². The quantitative estimate of drug-likeness (QED) is 0.837. The molecule has 0 aromatic heterocycles. The minimum Gasteiger partial charge on any atom is -0.453 e. The summed E-state index contributed by atoms with van der Waals surface area (Å²) in [5, 5.41) is 5.67. The molecule has 0 heterocycles. The van der Waals surface area contributed by atoms with E-state index in [1.54, 1.807) is 0 Å². The maximum absolute atomic E-state index is 11.7. The number of rotatable bonds is 4. The van der Waals surface area contributed by atoms with Gasteiger partial charge in [-0.1, -0.05) is 13.8 Å². The lowest BCUT2D eigenvalue weighted by Crippen LogP contribution is -2.46. The van der Waals surface area contributed by atoms with E-state index in [1.165, 1.54) is 7.11 Å². The fourth-order valence-corrected chi connectivity index (χ4v) is 3.08. The second kappa shape index (κ2) is 7.52. The van der Waals surface area contributed by atoms with Gasteiger partial charge >= 0.3 is 12.2 Å². The molecule has 2 N–H and O–H groups in total. The van der Waals surface area contributed by atoms with Crippen molar-refractivity contribution in [3.63, 3.8) is 0 Å². The Labute approximate surface area is 126 Å². The lowest BCUT2D eigenvalue weighted by molar-refractivity contribution is 0.0938. The van der Waals surface area contributed by atoms with Gasteiger partial charge in [-0.25, -0.2) is 9.59 Å². The summed E-state index contributed by atoms with van der Waals surface area (Å²) in [6.07, 6.45) is 1.84. The smallest absolute Gasteiger partial charge is 0.407 e. The zero-order valence-corrected chi connectivity index (χ0v) is 13.7. The molecule has 0 aromatic carbocycles. The molecule has 1 aliphatic carbocycles. The SMILES string of the molecule is COC(=O)NCC1CC(NC(=O)OC(C)C)CC(C)(C)C1. The first-order valence-electron chi connectivity index (χ1n) is 7.51. The summed E-state index contributed by atoms with van der Waals surface area (Å²) in [7, 11) is 1.35. The van der Waals surface area contributed by atoms with Crippen LogP contribution >= 0.6 is 0 Å². The van der Waals surface area contributed by atoms with Crippen LogP contribution in [0.1, 0.15) is 47.0 Å². The molecule has 2 amide bonds. The molecule has 1 aliphatic rings. The number of carbonyl (C=O) groups excluding carboxylic acids is 2. The molecule has 0 aliphatic heterocycles. The van der Waals surface area contributed by atoms with E-state index in [1.807, 2.05) is 13.8 Å². The Kier molecular flexibility index (Phi) is 6.30. The first kappa shape index (κ1) is 17.6. The third-order valence-corrected chi connectivity index (χ3v) is 3.64. The molecule has 6 heteroatoms. The van der Waals surface area contributed by atoms with Gasteiger partial charge in [0.25, 0.3) is 0 Å². The van der Waals surface area contributed by atoms with Crippen molar-refractivity contribution in [2.45, 2.75) is 59.1 Å². The summed E-state index contributed by atoms with van der Waals surface area (Å²) in [5.41, 5.74) is 0.122. The average molecular weight is 300 g/mol. The maximum atomic E-state index is 11.7. The summed E-state index contributed by atoms with van der Waals surface area (Å²) < 4.78 is 9.72. The second-order valence-corrected chi connectivity index (χ2v) is 6.84. The van der Waals surface area contributed by atoms with Crippen molar-refractivity contribution in [2.24, 2.45) is 11.3 Å². The normalized spacial score (nSPS) is 24.3. The highest BCUT2D eigenvalue weighted by Crippen LogP contribution is 2.38. The van der Waals surface area contributed by atoms with Gasteiger partial charge in [-0.15, -0.1) is 0 Å². The number of hydrogen-bond acceptors (Lipinski definition) is 4. The molecular formula is C15H28N2O4. The van der Waals surface area contributed by atoms with Crippen molar-refractivity contribution in [1.82, 2.24) is 10.6 Å². The minimum absolute atomic E-state index is 0.0736. The average Bonchev–Trinajstić information content (AvgIpc) is 2.32. The number of methoxy groups -OCH3 is 1. The second-order valence-electron chi connectivity index (χ2n) is 6.84. The van der Waals surface area contributed by atoms with E-state index in [4.69, 9.17) is 4.74 Å². The van der Waals surface area contributed by atoms with Gasteiger partial charge in [0, 0.05) is 12.6 Å². The molecule has 21 heavy (non-hydrogen) atoms. The largest absolute Gasteiger partial charge is 0.453 e. The lowest BCUT2D eigenvalue weighted by Gasteiger charge is -2.40. The van der Waals surface area contributed by atoms with Crippen LogP contribution in [0.4, 0.5) is 9.59 Å². The van der Waals surface area contributed by atoms with Gasteiger partial charge in [0.15, 0.2) is 0 Å². The molecule has 2 atom stereocenters. The first-order valence-corrected chi connectivity index (χ1v) is 7.51. The molecule has 1 saturated carbocycles. The van der Waals surface area contributed by atoms with Crippen molar-refractivity contribution in [3.8, 4) is 0 Å². The third-order valence-electron chi connectivity index (χ3n) is 3.64. The molecule has 0 aromatic rings. The van der Waals surface area contributed by atoms with Crippen LogP contribution in [-0.2, 0) is 9.47 Å². The van der Waals surface area contributed by atoms with E-state index >= 15 is 0 Å². The highest BCUT2D eigenvalue weighted by Gasteiger charge is 2.35. The molecule has 0 saturated heterocycles. The van der Waals surface area contributed by atoms with E-state index in [-0.39, 0.29) is 23.7 Å². The molecule has 6 nitrogen and oxygen atoms in total.